The summed E-state index contributed by atoms with van der Waals surface area (Å²) in [5.41, 5.74) is 0.256. The van der Waals surface area contributed by atoms with Crippen molar-refractivity contribution in [2.45, 2.75) is 6.61 Å². The van der Waals surface area contributed by atoms with Gasteiger partial charge in [-0.1, -0.05) is 11.6 Å². The van der Waals surface area contributed by atoms with Crippen molar-refractivity contribution in [3.05, 3.63) is 58.9 Å². The number of aromatic nitrogens is 1. The van der Waals surface area contributed by atoms with Crippen LogP contribution in [-0.4, -0.2) is 4.98 Å². The van der Waals surface area contributed by atoms with E-state index in [9.17, 15) is 8.78 Å². The van der Waals surface area contributed by atoms with Gasteiger partial charge in [-0.3, -0.25) is 0 Å². The van der Waals surface area contributed by atoms with Crippen molar-refractivity contribution in [1.29, 1.82) is 0 Å². The lowest BCUT2D eigenvalue weighted by Crippen LogP contribution is -1.99. The molecule has 17 heavy (non-hydrogen) atoms. The first kappa shape index (κ1) is 11.8. The molecular formula is C12H8ClF2NO. The van der Waals surface area contributed by atoms with Crippen LogP contribution < -0.4 is 4.74 Å². The molecule has 0 unspecified atom stereocenters. The molecule has 0 aliphatic carbocycles. The molecule has 0 amide bonds. The van der Waals surface area contributed by atoms with Crippen molar-refractivity contribution in [3.63, 3.8) is 0 Å². The fourth-order valence-corrected chi connectivity index (χ4v) is 1.45. The monoisotopic (exact) mass is 255 g/mol. The maximum atomic E-state index is 13.3. The summed E-state index contributed by atoms with van der Waals surface area (Å²) in [5, 5.41) is 0.204. The molecule has 0 N–H and O–H groups in total. The normalized spacial score (nSPS) is 10.3. The van der Waals surface area contributed by atoms with E-state index in [0.717, 1.165) is 6.07 Å². The van der Waals surface area contributed by atoms with E-state index in [-0.39, 0.29) is 17.3 Å². The first-order valence-electron chi connectivity index (χ1n) is 4.84. The average Bonchev–Trinajstić information content (AvgIpc) is 2.30. The fraction of sp³-hybridized carbons (Fsp3) is 0.0833. The van der Waals surface area contributed by atoms with E-state index in [2.05, 4.69) is 4.98 Å². The van der Waals surface area contributed by atoms with Crippen molar-refractivity contribution >= 4 is 11.6 Å². The number of rotatable bonds is 3. The highest BCUT2D eigenvalue weighted by Gasteiger charge is 2.06. The molecule has 88 valence electrons. The summed E-state index contributed by atoms with van der Waals surface area (Å²) in [4.78, 5) is 3.81. The van der Waals surface area contributed by atoms with Crippen molar-refractivity contribution in [3.8, 4) is 5.75 Å². The van der Waals surface area contributed by atoms with Gasteiger partial charge in [0.1, 0.15) is 18.2 Å². The van der Waals surface area contributed by atoms with Crippen molar-refractivity contribution in [2.24, 2.45) is 0 Å². The van der Waals surface area contributed by atoms with E-state index < -0.39 is 11.6 Å². The third-order valence-electron chi connectivity index (χ3n) is 2.12. The Labute approximate surface area is 102 Å². The molecule has 0 spiro atoms. The zero-order chi connectivity index (χ0) is 12.3. The number of ether oxygens (including phenoxy) is 1. The van der Waals surface area contributed by atoms with Crippen LogP contribution in [0.3, 0.4) is 0 Å². The Morgan fingerprint density at radius 3 is 2.76 bits per heavy atom. The van der Waals surface area contributed by atoms with E-state index in [1.165, 1.54) is 18.3 Å². The van der Waals surface area contributed by atoms with Crippen LogP contribution >= 0.6 is 11.6 Å². The van der Waals surface area contributed by atoms with Gasteiger partial charge in [0, 0.05) is 17.8 Å². The molecule has 2 aromatic rings. The van der Waals surface area contributed by atoms with Crippen LogP contribution in [0.5, 0.6) is 5.75 Å². The molecule has 0 saturated heterocycles. The molecule has 5 heteroatoms. The summed E-state index contributed by atoms with van der Waals surface area (Å²) < 4.78 is 31.2. The second-order valence-electron chi connectivity index (χ2n) is 3.32. The van der Waals surface area contributed by atoms with Crippen LogP contribution in [0.4, 0.5) is 8.78 Å². The van der Waals surface area contributed by atoms with E-state index in [4.69, 9.17) is 16.3 Å². The summed E-state index contributed by atoms with van der Waals surface area (Å²) in [6.07, 6.45) is 1.52. The number of hydrogen-bond acceptors (Lipinski definition) is 2. The third kappa shape index (κ3) is 2.91. The molecule has 2 nitrogen and oxygen atoms in total. The highest BCUT2D eigenvalue weighted by atomic mass is 35.5. The summed E-state index contributed by atoms with van der Waals surface area (Å²) in [5.74, 6) is -0.909. The molecule has 0 aliphatic rings. The minimum absolute atomic E-state index is 0.0302. The largest absolute Gasteiger partial charge is 0.486 e. The van der Waals surface area contributed by atoms with Gasteiger partial charge in [0.15, 0.2) is 10.9 Å². The van der Waals surface area contributed by atoms with Gasteiger partial charge in [-0.15, -0.1) is 0 Å². The summed E-state index contributed by atoms with van der Waals surface area (Å²) in [6.45, 7) is -0.0302. The van der Waals surface area contributed by atoms with Gasteiger partial charge in [0.05, 0.1) is 0 Å². The zero-order valence-corrected chi connectivity index (χ0v) is 9.42. The highest BCUT2D eigenvalue weighted by molar-refractivity contribution is 6.30. The van der Waals surface area contributed by atoms with Gasteiger partial charge in [-0.05, 0) is 24.3 Å². The lowest BCUT2D eigenvalue weighted by molar-refractivity contribution is 0.298. The quantitative estimate of drug-likeness (QED) is 0.782. The lowest BCUT2D eigenvalue weighted by Gasteiger charge is -2.07. The van der Waals surface area contributed by atoms with Crippen LogP contribution in [-0.2, 0) is 6.61 Å². The van der Waals surface area contributed by atoms with E-state index in [1.807, 2.05) is 0 Å². The molecule has 0 fully saturated rings. The lowest BCUT2D eigenvalue weighted by atomic mass is 10.2. The predicted molar refractivity (Wildman–Crippen MR) is 59.9 cm³/mol. The minimum Gasteiger partial charge on any atom is -0.486 e. The second kappa shape index (κ2) is 5.10. The molecule has 1 aromatic heterocycles. The maximum absolute atomic E-state index is 13.3. The standard InChI is InChI=1S/C12H8ClF2NO/c13-12-11(2-1-5-16-12)17-7-8-3-4-9(14)6-10(8)15/h1-6H,7H2. The minimum atomic E-state index is -0.648. The Kier molecular flexibility index (Phi) is 3.54. The number of nitrogens with zero attached hydrogens (tertiary/aromatic N) is 1. The smallest absolute Gasteiger partial charge is 0.171 e. The molecule has 2 rings (SSSR count). The summed E-state index contributed by atoms with van der Waals surface area (Å²) in [6, 6.07) is 6.59. The Morgan fingerprint density at radius 1 is 1.24 bits per heavy atom. The van der Waals surface area contributed by atoms with Gasteiger partial charge in [0.2, 0.25) is 0 Å². The number of halogens is 3. The van der Waals surface area contributed by atoms with E-state index in [1.54, 1.807) is 12.1 Å². The Morgan fingerprint density at radius 2 is 2.06 bits per heavy atom. The molecular weight excluding hydrogens is 248 g/mol. The first-order valence-corrected chi connectivity index (χ1v) is 5.22. The molecule has 1 aromatic carbocycles. The Balaban J connectivity index is 2.10. The average molecular weight is 256 g/mol. The summed E-state index contributed by atoms with van der Waals surface area (Å²) in [7, 11) is 0. The third-order valence-corrected chi connectivity index (χ3v) is 2.41. The van der Waals surface area contributed by atoms with Gasteiger partial charge >= 0.3 is 0 Å². The van der Waals surface area contributed by atoms with Gasteiger partial charge in [-0.25, -0.2) is 13.8 Å². The van der Waals surface area contributed by atoms with Crippen LogP contribution in [0.15, 0.2) is 36.5 Å². The fourth-order valence-electron chi connectivity index (χ4n) is 1.27. The zero-order valence-electron chi connectivity index (χ0n) is 8.66. The van der Waals surface area contributed by atoms with Crippen LogP contribution in [0.25, 0.3) is 0 Å². The molecule has 0 saturated carbocycles. The summed E-state index contributed by atoms with van der Waals surface area (Å²) >= 11 is 5.77. The van der Waals surface area contributed by atoms with Gasteiger partial charge in [-0.2, -0.15) is 0 Å². The second-order valence-corrected chi connectivity index (χ2v) is 3.67. The molecule has 0 atom stereocenters. The van der Waals surface area contributed by atoms with E-state index >= 15 is 0 Å². The molecule has 0 bridgehead atoms. The SMILES string of the molecule is Fc1ccc(COc2cccnc2Cl)c(F)c1. The predicted octanol–water partition coefficient (Wildman–Crippen LogP) is 3.59. The Bertz CT molecular complexity index is 534. The molecule has 1 heterocycles. The van der Waals surface area contributed by atoms with Gasteiger partial charge < -0.3 is 4.74 Å². The number of benzene rings is 1. The topological polar surface area (TPSA) is 22.1 Å². The van der Waals surface area contributed by atoms with Gasteiger partial charge in [0.25, 0.3) is 0 Å². The van der Waals surface area contributed by atoms with Crippen molar-refractivity contribution < 1.29 is 13.5 Å². The maximum Gasteiger partial charge on any atom is 0.171 e. The highest BCUT2D eigenvalue weighted by Crippen LogP contribution is 2.22. The molecule has 0 aliphatic heterocycles. The first-order chi connectivity index (χ1) is 8.16. The molecule has 0 radical (unpaired) electrons. The number of hydrogen-bond donors (Lipinski definition) is 0. The van der Waals surface area contributed by atoms with E-state index in [0.29, 0.717) is 5.75 Å². The van der Waals surface area contributed by atoms with Crippen molar-refractivity contribution in [1.82, 2.24) is 4.98 Å². The number of pyridine rings is 1. The van der Waals surface area contributed by atoms with Crippen molar-refractivity contribution in [2.75, 3.05) is 0 Å². The van der Waals surface area contributed by atoms with Crippen LogP contribution in [0, 0.1) is 11.6 Å². The Hall–Kier alpha value is -1.68. The van der Waals surface area contributed by atoms with Crippen LogP contribution in [0.1, 0.15) is 5.56 Å². The van der Waals surface area contributed by atoms with Crippen LogP contribution in [0.2, 0.25) is 5.15 Å².